The number of halogens is 1. The molecule has 0 radical (unpaired) electrons. The van der Waals surface area contributed by atoms with Crippen molar-refractivity contribution < 1.29 is 0 Å². The summed E-state index contributed by atoms with van der Waals surface area (Å²) in [4.78, 5) is 9.79. The fourth-order valence-electron chi connectivity index (χ4n) is 4.02. The number of hydrogen-bond acceptors (Lipinski definition) is 4. The predicted molar refractivity (Wildman–Crippen MR) is 145 cm³/mol. The van der Waals surface area contributed by atoms with E-state index in [9.17, 15) is 0 Å². The minimum atomic E-state index is 0. The van der Waals surface area contributed by atoms with Crippen LogP contribution in [0.25, 0.3) is 0 Å². The van der Waals surface area contributed by atoms with Gasteiger partial charge in [-0.3, -0.25) is 0 Å². The molecule has 2 heterocycles. The van der Waals surface area contributed by atoms with E-state index >= 15 is 0 Å². The number of nitrogens with zero attached hydrogens (tertiary/aromatic N) is 6. The zero-order valence-electron chi connectivity index (χ0n) is 20.0. The van der Waals surface area contributed by atoms with Crippen LogP contribution in [0.1, 0.15) is 28.3 Å². The van der Waals surface area contributed by atoms with Crippen LogP contribution in [0.2, 0.25) is 0 Å². The molecular weight excluding hydrogens is 525 g/mol. The third kappa shape index (κ3) is 6.04. The van der Waals surface area contributed by atoms with Crippen LogP contribution >= 0.6 is 24.0 Å². The van der Waals surface area contributed by atoms with Gasteiger partial charge in [-0.1, -0.05) is 42.5 Å². The first-order valence-electron chi connectivity index (χ1n) is 11.3. The van der Waals surface area contributed by atoms with Crippen LogP contribution in [0, 0.1) is 20.8 Å². The normalized spacial score (nSPS) is 14.2. The van der Waals surface area contributed by atoms with Gasteiger partial charge in [0.15, 0.2) is 11.8 Å². The van der Waals surface area contributed by atoms with Crippen molar-refractivity contribution in [1.82, 2.24) is 25.0 Å². The van der Waals surface area contributed by atoms with Gasteiger partial charge in [0.2, 0.25) is 0 Å². The van der Waals surface area contributed by atoms with E-state index in [4.69, 9.17) is 4.99 Å². The van der Waals surface area contributed by atoms with Gasteiger partial charge in [-0.25, -0.2) is 4.99 Å². The number of aliphatic imine (C=N–C) groups is 1. The van der Waals surface area contributed by atoms with Crippen LogP contribution in [-0.4, -0.2) is 51.8 Å². The Balaban J connectivity index is 0.00000306. The molecule has 2 aromatic carbocycles. The highest BCUT2D eigenvalue weighted by Gasteiger charge is 2.21. The smallest absolute Gasteiger partial charge is 0.194 e. The van der Waals surface area contributed by atoms with E-state index in [0.717, 1.165) is 43.8 Å². The minimum Gasteiger partial charge on any atom is -0.368 e. The molecule has 1 N–H and O–H groups in total. The molecule has 1 aliphatic heterocycles. The van der Waals surface area contributed by atoms with E-state index < -0.39 is 0 Å². The minimum absolute atomic E-state index is 0. The standard InChI is InChI=1S/C25H33N7.HI/c1-19-9-8-12-23(20(19)2)31-13-15-32(16-14-31)25(26-17-22-10-6-5-7-11-22)27-18-24-29-28-21(3)30(24)4;/h5-12H,13-18H2,1-4H3,(H,26,27);1H. The summed E-state index contributed by atoms with van der Waals surface area (Å²) in [6.07, 6.45) is 0. The molecule has 33 heavy (non-hydrogen) atoms. The van der Waals surface area contributed by atoms with Crippen LogP contribution in [-0.2, 0) is 20.1 Å². The number of piperazine rings is 1. The highest BCUT2D eigenvalue weighted by molar-refractivity contribution is 14.0. The van der Waals surface area contributed by atoms with Gasteiger partial charge in [-0.05, 0) is 43.5 Å². The Bertz CT molecular complexity index is 1070. The molecule has 8 heteroatoms. The molecule has 0 unspecified atom stereocenters. The average molecular weight is 560 g/mol. The molecule has 1 aliphatic rings. The highest BCUT2D eigenvalue weighted by Crippen LogP contribution is 2.24. The summed E-state index contributed by atoms with van der Waals surface area (Å²) in [6.45, 7) is 11.4. The lowest BCUT2D eigenvalue weighted by Crippen LogP contribution is -2.52. The summed E-state index contributed by atoms with van der Waals surface area (Å²) in [6, 6.07) is 17.0. The first-order chi connectivity index (χ1) is 15.5. The van der Waals surface area contributed by atoms with Crippen molar-refractivity contribution in [2.45, 2.75) is 33.9 Å². The fourth-order valence-corrected chi connectivity index (χ4v) is 4.02. The molecule has 1 fully saturated rings. The van der Waals surface area contributed by atoms with Crippen molar-refractivity contribution in [2.75, 3.05) is 31.1 Å². The fraction of sp³-hybridized carbons (Fsp3) is 0.400. The Morgan fingerprint density at radius 2 is 1.67 bits per heavy atom. The van der Waals surface area contributed by atoms with Crippen molar-refractivity contribution in [3.05, 3.63) is 76.9 Å². The van der Waals surface area contributed by atoms with E-state index in [2.05, 4.69) is 81.6 Å². The van der Waals surface area contributed by atoms with E-state index in [1.807, 2.05) is 24.6 Å². The molecular formula is C25H34IN7. The monoisotopic (exact) mass is 559 g/mol. The summed E-state index contributed by atoms with van der Waals surface area (Å²) >= 11 is 0. The number of aryl methyl sites for hydroxylation is 2. The second kappa shape index (κ2) is 11.5. The molecule has 0 amide bonds. The number of anilines is 1. The second-order valence-corrected chi connectivity index (χ2v) is 8.39. The molecule has 3 aromatic rings. The molecule has 7 nitrogen and oxygen atoms in total. The molecule has 0 aliphatic carbocycles. The van der Waals surface area contributed by atoms with E-state index in [1.165, 1.54) is 22.4 Å². The Morgan fingerprint density at radius 3 is 2.33 bits per heavy atom. The van der Waals surface area contributed by atoms with Gasteiger partial charge < -0.3 is 19.7 Å². The van der Waals surface area contributed by atoms with Crippen molar-refractivity contribution in [1.29, 1.82) is 0 Å². The Morgan fingerprint density at radius 1 is 0.939 bits per heavy atom. The summed E-state index contributed by atoms with van der Waals surface area (Å²) in [5.41, 5.74) is 5.26. The summed E-state index contributed by atoms with van der Waals surface area (Å²) in [5.74, 6) is 2.74. The van der Waals surface area contributed by atoms with Gasteiger partial charge >= 0.3 is 0 Å². The topological polar surface area (TPSA) is 61.6 Å². The average Bonchev–Trinajstić information content (AvgIpc) is 3.14. The Hall–Kier alpha value is -2.62. The lowest BCUT2D eigenvalue weighted by molar-refractivity contribution is 0.370. The Kier molecular flexibility index (Phi) is 8.71. The largest absolute Gasteiger partial charge is 0.368 e. The number of rotatable bonds is 5. The third-order valence-electron chi connectivity index (χ3n) is 6.34. The molecule has 176 valence electrons. The molecule has 0 saturated carbocycles. The van der Waals surface area contributed by atoms with Crippen molar-refractivity contribution >= 4 is 35.6 Å². The van der Waals surface area contributed by atoms with Crippen molar-refractivity contribution in [3.8, 4) is 0 Å². The highest BCUT2D eigenvalue weighted by atomic mass is 127. The number of aromatic nitrogens is 3. The molecule has 0 bridgehead atoms. The third-order valence-corrected chi connectivity index (χ3v) is 6.34. The maximum Gasteiger partial charge on any atom is 0.194 e. The van der Waals surface area contributed by atoms with E-state index in [-0.39, 0.29) is 24.0 Å². The second-order valence-electron chi connectivity index (χ2n) is 8.39. The summed E-state index contributed by atoms with van der Waals surface area (Å²) < 4.78 is 2.01. The van der Waals surface area contributed by atoms with Gasteiger partial charge in [-0.2, -0.15) is 0 Å². The molecule has 0 spiro atoms. The molecule has 1 aromatic heterocycles. The van der Waals surface area contributed by atoms with Crippen LogP contribution in [0.4, 0.5) is 5.69 Å². The van der Waals surface area contributed by atoms with Gasteiger partial charge in [-0.15, -0.1) is 34.2 Å². The predicted octanol–water partition coefficient (Wildman–Crippen LogP) is 3.83. The van der Waals surface area contributed by atoms with Crippen LogP contribution in [0.3, 0.4) is 0 Å². The van der Waals surface area contributed by atoms with E-state index in [1.54, 1.807) is 0 Å². The SMILES string of the molecule is Cc1cccc(N2CCN(C(=NCc3ccccc3)NCc3nnc(C)n3C)CC2)c1C.I. The number of hydrogen-bond donors (Lipinski definition) is 1. The molecule has 1 saturated heterocycles. The molecule has 4 rings (SSSR count). The van der Waals surface area contributed by atoms with E-state index in [0.29, 0.717) is 13.1 Å². The molecule has 0 atom stereocenters. The van der Waals surface area contributed by atoms with Gasteiger partial charge in [0.05, 0.1) is 13.1 Å². The van der Waals surface area contributed by atoms with Crippen LogP contribution < -0.4 is 10.2 Å². The zero-order chi connectivity index (χ0) is 22.5. The number of benzene rings is 2. The maximum atomic E-state index is 4.95. The summed E-state index contributed by atoms with van der Waals surface area (Å²) in [5, 5.41) is 12.0. The van der Waals surface area contributed by atoms with Crippen LogP contribution in [0.5, 0.6) is 0 Å². The Labute approximate surface area is 213 Å². The lowest BCUT2D eigenvalue weighted by Gasteiger charge is -2.38. The number of nitrogens with one attached hydrogen (secondary N) is 1. The quantitative estimate of drug-likeness (QED) is 0.293. The lowest BCUT2D eigenvalue weighted by atomic mass is 10.1. The van der Waals surface area contributed by atoms with Crippen LogP contribution in [0.15, 0.2) is 53.5 Å². The van der Waals surface area contributed by atoms with Gasteiger partial charge in [0.25, 0.3) is 0 Å². The van der Waals surface area contributed by atoms with Gasteiger partial charge in [0, 0.05) is 38.9 Å². The van der Waals surface area contributed by atoms with Crippen molar-refractivity contribution in [3.63, 3.8) is 0 Å². The number of guanidine groups is 1. The maximum absolute atomic E-state index is 4.95. The van der Waals surface area contributed by atoms with Gasteiger partial charge in [0.1, 0.15) is 5.82 Å². The first kappa shape index (κ1) is 25.0. The first-order valence-corrected chi connectivity index (χ1v) is 11.3. The summed E-state index contributed by atoms with van der Waals surface area (Å²) in [7, 11) is 2.00. The van der Waals surface area contributed by atoms with Crippen molar-refractivity contribution in [2.24, 2.45) is 12.0 Å². The zero-order valence-corrected chi connectivity index (χ0v) is 22.3.